The number of hydrogen-bond acceptors (Lipinski definition) is 6. The van der Waals surface area contributed by atoms with Crippen LogP contribution in [-0.2, 0) is 19.1 Å². The van der Waals surface area contributed by atoms with Crippen LogP contribution in [0.2, 0.25) is 0 Å². The molecule has 1 aliphatic heterocycles. The first kappa shape index (κ1) is 20.4. The Balaban J connectivity index is 1.52. The highest BCUT2D eigenvalue weighted by Crippen LogP contribution is 2.28. The van der Waals surface area contributed by atoms with E-state index in [0.29, 0.717) is 11.3 Å². The van der Waals surface area contributed by atoms with Gasteiger partial charge in [-0.1, -0.05) is 6.07 Å². The summed E-state index contributed by atoms with van der Waals surface area (Å²) in [5, 5.41) is 11.4. The topological polar surface area (TPSA) is 99.5 Å². The van der Waals surface area contributed by atoms with Crippen LogP contribution in [0.4, 0.5) is 11.4 Å². The van der Waals surface area contributed by atoms with E-state index in [-0.39, 0.29) is 18.9 Å². The van der Waals surface area contributed by atoms with Gasteiger partial charge in [0.05, 0.1) is 17.6 Å². The third kappa shape index (κ3) is 5.15. The molecule has 1 N–H and O–H groups in total. The third-order valence-corrected chi connectivity index (χ3v) is 5.19. The zero-order valence-electron chi connectivity index (χ0n) is 15.8. The van der Waals surface area contributed by atoms with Gasteiger partial charge < -0.3 is 15.0 Å². The molecule has 7 nitrogen and oxygen atoms in total. The van der Waals surface area contributed by atoms with Crippen LogP contribution in [0.1, 0.15) is 12.0 Å². The number of nitrogens with one attached hydrogen (secondary N) is 1. The van der Waals surface area contributed by atoms with Gasteiger partial charge in [0.2, 0.25) is 5.91 Å². The first-order valence-electron chi connectivity index (χ1n) is 8.91. The average Bonchev–Trinajstić information content (AvgIpc) is 3.14. The van der Waals surface area contributed by atoms with E-state index < -0.39 is 24.4 Å². The zero-order chi connectivity index (χ0) is 20.8. The van der Waals surface area contributed by atoms with Gasteiger partial charge in [0.1, 0.15) is 0 Å². The van der Waals surface area contributed by atoms with Crippen molar-refractivity contribution in [1.29, 1.82) is 5.26 Å². The van der Waals surface area contributed by atoms with Gasteiger partial charge in [0.25, 0.3) is 5.91 Å². The molecule has 29 heavy (non-hydrogen) atoms. The highest BCUT2D eigenvalue weighted by molar-refractivity contribution is 7.98. The second kappa shape index (κ2) is 9.26. The Bertz CT molecular complexity index is 969. The smallest absolute Gasteiger partial charge is 0.311 e. The molecule has 3 rings (SSSR count). The Morgan fingerprint density at radius 1 is 1.28 bits per heavy atom. The molecular formula is C21H19N3O4S. The van der Waals surface area contributed by atoms with Crippen LogP contribution >= 0.6 is 11.8 Å². The number of nitriles is 1. The molecule has 0 bridgehead atoms. The van der Waals surface area contributed by atoms with Crippen LogP contribution in [0, 0.1) is 17.2 Å². The highest BCUT2D eigenvalue weighted by atomic mass is 32.2. The van der Waals surface area contributed by atoms with E-state index in [4.69, 9.17) is 10.00 Å². The molecule has 148 valence electrons. The second-order valence-corrected chi connectivity index (χ2v) is 7.33. The number of anilines is 2. The molecule has 1 saturated heterocycles. The van der Waals surface area contributed by atoms with E-state index in [9.17, 15) is 14.4 Å². The van der Waals surface area contributed by atoms with E-state index in [0.717, 1.165) is 10.6 Å². The minimum atomic E-state index is -0.608. The molecule has 8 heteroatoms. The maximum atomic E-state index is 12.3. The van der Waals surface area contributed by atoms with E-state index in [1.165, 1.54) is 0 Å². The monoisotopic (exact) mass is 409 g/mol. The summed E-state index contributed by atoms with van der Waals surface area (Å²) in [6, 6.07) is 15.9. The minimum Gasteiger partial charge on any atom is -0.455 e. The normalized spacial score (nSPS) is 15.7. The third-order valence-electron chi connectivity index (χ3n) is 4.47. The Kier molecular flexibility index (Phi) is 6.52. The quantitative estimate of drug-likeness (QED) is 0.582. The lowest BCUT2D eigenvalue weighted by Crippen LogP contribution is -2.28. The van der Waals surface area contributed by atoms with Gasteiger partial charge >= 0.3 is 5.97 Å². The van der Waals surface area contributed by atoms with Crippen molar-refractivity contribution in [2.75, 3.05) is 29.6 Å². The number of rotatable bonds is 6. The van der Waals surface area contributed by atoms with Crippen molar-refractivity contribution in [1.82, 2.24) is 0 Å². The van der Waals surface area contributed by atoms with Gasteiger partial charge in [0.15, 0.2) is 6.61 Å². The maximum absolute atomic E-state index is 12.3. The summed E-state index contributed by atoms with van der Waals surface area (Å²) in [5.74, 6) is -1.82. The van der Waals surface area contributed by atoms with E-state index in [1.54, 1.807) is 40.9 Å². The fourth-order valence-electron chi connectivity index (χ4n) is 2.97. The molecule has 0 aromatic heterocycles. The molecule has 2 aromatic carbocycles. The summed E-state index contributed by atoms with van der Waals surface area (Å²) < 4.78 is 5.10. The number of hydrogen-bond donors (Lipinski definition) is 1. The van der Waals surface area contributed by atoms with Crippen LogP contribution in [0.25, 0.3) is 0 Å². The largest absolute Gasteiger partial charge is 0.455 e. The molecular weight excluding hydrogens is 390 g/mol. The SMILES string of the molecule is CSc1cccc(N2C[C@@H](C(=O)OCC(=O)Nc3ccc(C#N)cc3)CC2=O)c1. The predicted molar refractivity (Wildman–Crippen MR) is 109 cm³/mol. The summed E-state index contributed by atoms with van der Waals surface area (Å²) in [7, 11) is 0. The number of nitrogens with zero attached hydrogens (tertiary/aromatic N) is 2. The molecule has 1 atom stereocenters. The van der Waals surface area contributed by atoms with Crippen molar-refractivity contribution in [2.45, 2.75) is 11.3 Å². The minimum absolute atomic E-state index is 0.0551. The van der Waals surface area contributed by atoms with Crippen molar-refractivity contribution in [3.63, 3.8) is 0 Å². The van der Waals surface area contributed by atoms with Crippen molar-refractivity contribution < 1.29 is 19.1 Å². The van der Waals surface area contributed by atoms with Crippen LogP contribution in [0.3, 0.4) is 0 Å². The Morgan fingerprint density at radius 2 is 2.03 bits per heavy atom. The average molecular weight is 409 g/mol. The molecule has 1 aliphatic rings. The molecule has 0 spiro atoms. The van der Waals surface area contributed by atoms with Crippen molar-refractivity contribution in [3.8, 4) is 6.07 Å². The van der Waals surface area contributed by atoms with Crippen LogP contribution in [-0.4, -0.2) is 37.2 Å². The summed E-state index contributed by atoms with van der Waals surface area (Å²) in [4.78, 5) is 39.2. The lowest BCUT2D eigenvalue weighted by Gasteiger charge is -2.17. The lowest BCUT2D eigenvalue weighted by atomic mass is 10.1. The summed E-state index contributed by atoms with van der Waals surface area (Å²) in [5.41, 5.74) is 1.73. The molecule has 0 radical (unpaired) electrons. The van der Waals surface area contributed by atoms with Crippen molar-refractivity contribution in [2.24, 2.45) is 5.92 Å². The van der Waals surface area contributed by atoms with Gasteiger partial charge in [-0.05, 0) is 48.7 Å². The second-order valence-electron chi connectivity index (χ2n) is 6.45. The van der Waals surface area contributed by atoms with Crippen LogP contribution < -0.4 is 10.2 Å². The standard InChI is InChI=1S/C21H19N3O4S/c1-29-18-4-2-3-17(10-18)24-12-15(9-20(24)26)21(27)28-13-19(25)23-16-7-5-14(11-22)6-8-16/h2-8,10,15H,9,12-13H2,1H3,(H,23,25)/t15-/m0/s1. The number of ether oxygens (including phenoxy) is 1. The fraction of sp³-hybridized carbons (Fsp3) is 0.238. The lowest BCUT2D eigenvalue weighted by molar-refractivity contribution is -0.151. The van der Waals surface area contributed by atoms with E-state index in [1.807, 2.05) is 36.6 Å². The van der Waals surface area contributed by atoms with Gasteiger partial charge in [0, 0.05) is 29.2 Å². The number of esters is 1. The molecule has 0 saturated carbocycles. The Hall–Kier alpha value is -3.31. The predicted octanol–water partition coefficient (Wildman–Crippen LogP) is 2.81. The number of amides is 2. The summed E-state index contributed by atoms with van der Waals surface area (Å²) in [6.45, 7) is -0.210. The summed E-state index contributed by atoms with van der Waals surface area (Å²) >= 11 is 1.57. The number of thioether (sulfide) groups is 1. The molecule has 0 unspecified atom stereocenters. The molecule has 2 amide bonds. The first-order valence-corrected chi connectivity index (χ1v) is 10.1. The van der Waals surface area contributed by atoms with Crippen molar-refractivity contribution in [3.05, 3.63) is 54.1 Å². The van der Waals surface area contributed by atoms with Crippen LogP contribution in [0.15, 0.2) is 53.4 Å². The van der Waals surface area contributed by atoms with Gasteiger partial charge in [-0.3, -0.25) is 14.4 Å². The number of carbonyl (C=O) groups is 3. The van der Waals surface area contributed by atoms with Crippen LogP contribution in [0.5, 0.6) is 0 Å². The Labute approximate surface area is 172 Å². The molecule has 1 heterocycles. The van der Waals surface area contributed by atoms with E-state index >= 15 is 0 Å². The maximum Gasteiger partial charge on any atom is 0.311 e. The zero-order valence-corrected chi connectivity index (χ0v) is 16.6. The fourth-order valence-corrected chi connectivity index (χ4v) is 3.43. The van der Waals surface area contributed by atoms with Crippen molar-refractivity contribution >= 4 is 40.9 Å². The number of carbonyl (C=O) groups excluding carboxylic acids is 3. The van der Waals surface area contributed by atoms with Gasteiger partial charge in [-0.15, -0.1) is 11.8 Å². The first-order chi connectivity index (χ1) is 14.0. The molecule has 0 aliphatic carbocycles. The van der Waals surface area contributed by atoms with E-state index in [2.05, 4.69) is 5.32 Å². The molecule has 2 aromatic rings. The Morgan fingerprint density at radius 3 is 2.72 bits per heavy atom. The van der Waals surface area contributed by atoms with Gasteiger partial charge in [-0.25, -0.2) is 0 Å². The number of benzene rings is 2. The molecule has 1 fully saturated rings. The van der Waals surface area contributed by atoms with Gasteiger partial charge in [-0.2, -0.15) is 5.26 Å². The summed E-state index contributed by atoms with van der Waals surface area (Å²) in [6.07, 6.45) is 2.01. The highest BCUT2D eigenvalue weighted by Gasteiger charge is 2.36.